The number of aromatic nitrogens is 1. The third-order valence-electron chi connectivity index (χ3n) is 3.02. The van der Waals surface area contributed by atoms with Gasteiger partial charge in [-0.3, -0.25) is 4.79 Å². The molecule has 1 aromatic heterocycles. The van der Waals surface area contributed by atoms with Crippen LogP contribution >= 0.6 is 15.9 Å². The van der Waals surface area contributed by atoms with Crippen LogP contribution in [0.5, 0.6) is 0 Å². The van der Waals surface area contributed by atoms with Crippen molar-refractivity contribution in [1.29, 1.82) is 0 Å². The predicted octanol–water partition coefficient (Wildman–Crippen LogP) is 2.53. The van der Waals surface area contributed by atoms with E-state index in [0.29, 0.717) is 18.2 Å². The number of ether oxygens (including phenoxy) is 1. The highest BCUT2D eigenvalue weighted by atomic mass is 79.9. The number of hydrogen-bond donors (Lipinski definition) is 1. The zero-order valence-corrected chi connectivity index (χ0v) is 11.8. The van der Waals surface area contributed by atoms with Gasteiger partial charge in [-0.15, -0.1) is 0 Å². The summed E-state index contributed by atoms with van der Waals surface area (Å²) >= 11 is 3.24. The van der Waals surface area contributed by atoms with Gasteiger partial charge >= 0.3 is 0 Å². The largest absolute Gasteiger partial charge is 0.378 e. The summed E-state index contributed by atoms with van der Waals surface area (Å²) < 4.78 is 6.34. The topological polar surface area (TPSA) is 51.2 Å². The third kappa shape index (κ3) is 4.07. The monoisotopic (exact) mass is 312 g/mol. The lowest BCUT2D eigenvalue weighted by atomic mass is 10.1. The highest BCUT2D eigenvalue weighted by Crippen LogP contribution is 2.15. The van der Waals surface area contributed by atoms with Crippen LogP contribution in [0.1, 0.15) is 36.0 Å². The van der Waals surface area contributed by atoms with E-state index in [1.54, 1.807) is 18.3 Å². The average Bonchev–Trinajstić information content (AvgIpc) is 2.40. The molecule has 0 spiro atoms. The summed E-state index contributed by atoms with van der Waals surface area (Å²) in [6.07, 6.45) is 6.26. The molecule has 1 saturated heterocycles. The quantitative estimate of drug-likeness (QED) is 0.869. The Kier molecular flexibility index (Phi) is 5.13. The summed E-state index contributed by atoms with van der Waals surface area (Å²) in [4.78, 5) is 15.8. The van der Waals surface area contributed by atoms with Crippen molar-refractivity contribution < 1.29 is 9.53 Å². The summed E-state index contributed by atoms with van der Waals surface area (Å²) in [5, 5.41) is 2.89. The maximum absolute atomic E-state index is 11.8. The van der Waals surface area contributed by atoms with E-state index >= 15 is 0 Å². The number of pyridine rings is 1. The molecule has 18 heavy (non-hydrogen) atoms. The summed E-state index contributed by atoms with van der Waals surface area (Å²) in [5.74, 6) is -0.0780. The second kappa shape index (κ2) is 6.85. The SMILES string of the molecule is O=C(NCCC1CCCCO1)c1ccc(Br)nc1. The minimum absolute atomic E-state index is 0.0780. The molecule has 1 atom stereocenters. The lowest BCUT2D eigenvalue weighted by Gasteiger charge is -2.22. The Balaban J connectivity index is 1.72. The molecule has 1 amide bonds. The van der Waals surface area contributed by atoms with Crippen molar-refractivity contribution in [2.75, 3.05) is 13.2 Å². The van der Waals surface area contributed by atoms with Crippen LogP contribution in [-0.2, 0) is 4.74 Å². The Morgan fingerprint density at radius 2 is 2.39 bits per heavy atom. The van der Waals surface area contributed by atoms with Crippen LogP contribution in [0.15, 0.2) is 22.9 Å². The zero-order valence-electron chi connectivity index (χ0n) is 10.2. The Hall–Kier alpha value is -0.940. The van der Waals surface area contributed by atoms with Gasteiger partial charge in [0.2, 0.25) is 0 Å². The van der Waals surface area contributed by atoms with E-state index in [1.807, 2.05) is 0 Å². The highest BCUT2D eigenvalue weighted by molar-refractivity contribution is 9.10. The first-order chi connectivity index (χ1) is 8.75. The number of nitrogens with one attached hydrogen (secondary N) is 1. The van der Waals surface area contributed by atoms with E-state index in [1.165, 1.54) is 6.42 Å². The molecular weight excluding hydrogens is 296 g/mol. The van der Waals surface area contributed by atoms with Crippen LogP contribution in [0.2, 0.25) is 0 Å². The van der Waals surface area contributed by atoms with E-state index < -0.39 is 0 Å². The Labute approximate surface area is 115 Å². The van der Waals surface area contributed by atoms with Crippen LogP contribution in [-0.4, -0.2) is 30.1 Å². The number of carbonyl (C=O) groups excluding carboxylic acids is 1. The molecule has 1 aromatic rings. The summed E-state index contributed by atoms with van der Waals surface area (Å²) in [7, 11) is 0. The van der Waals surface area contributed by atoms with E-state index in [9.17, 15) is 4.79 Å². The van der Waals surface area contributed by atoms with Gasteiger partial charge in [0.15, 0.2) is 0 Å². The van der Waals surface area contributed by atoms with Crippen molar-refractivity contribution in [3.63, 3.8) is 0 Å². The normalized spacial score (nSPS) is 19.5. The predicted molar refractivity (Wildman–Crippen MR) is 72.5 cm³/mol. The number of hydrogen-bond acceptors (Lipinski definition) is 3. The Morgan fingerprint density at radius 3 is 3.06 bits per heavy atom. The lowest BCUT2D eigenvalue weighted by molar-refractivity contribution is 0.0117. The van der Waals surface area contributed by atoms with Crippen molar-refractivity contribution in [3.05, 3.63) is 28.5 Å². The number of halogens is 1. The van der Waals surface area contributed by atoms with Gasteiger partial charge in [-0.2, -0.15) is 0 Å². The van der Waals surface area contributed by atoms with Gasteiger partial charge in [0.05, 0.1) is 11.7 Å². The van der Waals surface area contributed by atoms with Crippen LogP contribution < -0.4 is 5.32 Å². The zero-order chi connectivity index (χ0) is 12.8. The summed E-state index contributed by atoms with van der Waals surface area (Å²) in [6.45, 7) is 1.51. The fourth-order valence-electron chi connectivity index (χ4n) is 1.99. The molecule has 0 radical (unpaired) electrons. The summed E-state index contributed by atoms with van der Waals surface area (Å²) in [5.41, 5.74) is 0.586. The molecule has 0 aromatic carbocycles. The minimum Gasteiger partial charge on any atom is -0.378 e. The molecule has 1 fully saturated rings. The van der Waals surface area contributed by atoms with E-state index in [0.717, 1.165) is 30.5 Å². The Morgan fingerprint density at radius 1 is 1.50 bits per heavy atom. The van der Waals surface area contributed by atoms with E-state index in [-0.39, 0.29) is 5.91 Å². The maximum Gasteiger partial charge on any atom is 0.252 e. The van der Waals surface area contributed by atoms with Crippen LogP contribution in [0.4, 0.5) is 0 Å². The first-order valence-corrected chi connectivity index (χ1v) is 7.06. The smallest absolute Gasteiger partial charge is 0.252 e. The van der Waals surface area contributed by atoms with Crippen molar-refractivity contribution in [3.8, 4) is 0 Å². The molecule has 98 valence electrons. The van der Waals surface area contributed by atoms with Crippen molar-refractivity contribution in [1.82, 2.24) is 10.3 Å². The molecule has 1 aliphatic rings. The fraction of sp³-hybridized carbons (Fsp3) is 0.538. The first kappa shape index (κ1) is 13.5. The first-order valence-electron chi connectivity index (χ1n) is 6.27. The van der Waals surface area contributed by atoms with Gasteiger partial charge < -0.3 is 10.1 Å². The molecule has 1 N–H and O–H groups in total. The molecular formula is C13H17BrN2O2. The van der Waals surface area contributed by atoms with E-state index in [4.69, 9.17) is 4.74 Å². The van der Waals surface area contributed by atoms with Gasteiger partial charge in [0.25, 0.3) is 5.91 Å². The molecule has 0 aliphatic carbocycles. The van der Waals surface area contributed by atoms with Gasteiger partial charge in [-0.25, -0.2) is 4.98 Å². The van der Waals surface area contributed by atoms with Crippen LogP contribution in [0.25, 0.3) is 0 Å². The van der Waals surface area contributed by atoms with Crippen LogP contribution in [0.3, 0.4) is 0 Å². The van der Waals surface area contributed by atoms with Gasteiger partial charge in [0.1, 0.15) is 4.60 Å². The molecule has 1 aliphatic heterocycles. The molecule has 4 nitrogen and oxygen atoms in total. The molecule has 1 unspecified atom stereocenters. The molecule has 5 heteroatoms. The average molecular weight is 313 g/mol. The van der Waals surface area contributed by atoms with Gasteiger partial charge in [0, 0.05) is 19.3 Å². The number of nitrogens with zero attached hydrogens (tertiary/aromatic N) is 1. The Bertz CT molecular complexity index is 388. The summed E-state index contributed by atoms with van der Waals surface area (Å²) in [6, 6.07) is 3.52. The highest BCUT2D eigenvalue weighted by Gasteiger charge is 2.14. The second-order valence-corrected chi connectivity index (χ2v) is 5.22. The molecule has 0 bridgehead atoms. The second-order valence-electron chi connectivity index (χ2n) is 4.40. The number of carbonyl (C=O) groups is 1. The number of rotatable bonds is 4. The van der Waals surface area contributed by atoms with E-state index in [2.05, 4.69) is 26.2 Å². The molecule has 2 heterocycles. The molecule has 0 saturated carbocycles. The van der Waals surface area contributed by atoms with Crippen LogP contribution in [0, 0.1) is 0 Å². The lowest BCUT2D eigenvalue weighted by Crippen LogP contribution is -2.29. The van der Waals surface area contributed by atoms with Crippen molar-refractivity contribution >= 4 is 21.8 Å². The van der Waals surface area contributed by atoms with Gasteiger partial charge in [-0.05, 0) is 53.7 Å². The molecule has 2 rings (SSSR count). The standard InChI is InChI=1S/C13H17BrN2O2/c14-12-5-4-10(9-16-12)13(17)15-7-6-11-3-1-2-8-18-11/h4-5,9,11H,1-3,6-8H2,(H,15,17). The third-order valence-corrected chi connectivity index (χ3v) is 3.48. The van der Waals surface area contributed by atoms with Gasteiger partial charge in [-0.1, -0.05) is 0 Å². The number of amides is 1. The fourth-order valence-corrected chi connectivity index (χ4v) is 2.23. The maximum atomic E-state index is 11.8. The van der Waals surface area contributed by atoms with Crippen molar-refractivity contribution in [2.24, 2.45) is 0 Å². The van der Waals surface area contributed by atoms with Crippen molar-refractivity contribution in [2.45, 2.75) is 31.8 Å². The minimum atomic E-state index is -0.0780.